The molecule has 1 aromatic rings. The van der Waals surface area contributed by atoms with Gasteiger partial charge in [-0.15, -0.1) is 0 Å². The van der Waals surface area contributed by atoms with Crippen LogP contribution < -0.4 is 5.73 Å². The highest BCUT2D eigenvalue weighted by atomic mass is 16.7. The Bertz CT molecular complexity index is 461. The molecule has 0 saturated carbocycles. The lowest BCUT2D eigenvalue weighted by Gasteiger charge is -2.31. The minimum absolute atomic E-state index is 0.0578. The molecular formula is C19H32N2O3. The van der Waals surface area contributed by atoms with E-state index in [1.54, 1.807) is 4.90 Å². The van der Waals surface area contributed by atoms with Gasteiger partial charge in [-0.2, -0.15) is 0 Å². The van der Waals surface area contributed by atoms with E-state index in [-0.39, 0.29) is 11.8 Å². The smallest absolute Gasteiger partial charge is 0.240 e. The molecule has 0 bridgehead atoms. The van der Waals surface area contributed by atoms with Gasteiger partial charge in [0.2, 0.25) is 5.91 Å². The van der Waals surface area contributed by atoms with Gasteiger partial charge in [0.1, 0.15) is 0 Å². The molecule has 1 rings (SSSR count). The molecule has 0 aliphatic carbocycles. The van der Waals surface area contributed by atoms with Crippen LogP contribution in [-0.2, 0) is 20.8 Å². The van der Waals surface area contributed by atoms with Crippen molar-refractivity contribution in [2.45, 2.75) is 53.0 Å². The number of carbonyl (C=O) groups is 1. The zero-order valence-electron chi connectivity index (χ0n) is 15.4. The molecule has 0 spiro atoms. The largest absolute Gasteiger partial charge is 0.351 e. The molecule has 0 aliphatic rings. The monoisotopic (exact) mass is 336 g/mol. The van der Waals surface area contributed by atoms with E-state index in [0.717, 1.165) is 12.0 Å². The fraction of sp³-hybridized carbons (Fsp3) is 0.632. The molecule has 24 heavy (non-hydrogen) atoms. The quantitative estimate of drug-likeness (QED) is 0.631. The van der Waals surface area contributed by atoms with Crippen molar-refractivity contribution in [2.24, 2.45) is 11.7 Å². The molecule has 2 N–H and O–H groups in total. The van der Waals surface area contributed by atoms with Gasteiger partial charge < -0.3 is 20.1 Å². The second-order valence-corrected chi connectivity index (χ2v) is 5.96. The second-order valence-electron chi connectivity index (χ2n) is 5.96. The van der Waals surface area contributed by atoms with Crippen LogP contribution in [0.2, 0.25) is 0 Å². The summed E-state index contributed by atoms with van der Waals surface area (Å²) in [6.07, 6.45) is 0.434. The lowest BCUT2D eigenvalue weighted by molar-refractivity contribution is -0.161. The number of hydrogen-bond acceptors (Lipinski definition) is 4. The Labute approximate surface area is 146 Å². The van der Waals surface area contributed by atoms with Crippen LogP contribution in [0.25, 0.3) is 0 Å². The van der Waals surface area contributed by atoms with Crippen molar-refractivity contribution in [3.05, 3.63) is 35.9 Å². The summed E-state index contributed by atoms with van der Waals surface area (Å²) < 4.78 is 11.2. The highest BCUT2D eigenvalue weighted by molar-refractivity contribution is 5.82. The van der Waals surface area contributed by atoms with Gasteiger partial charge in [0.05, 0.1) is 12.6 Å². The molecule has 0 unspecified atom stereocenters. The summed E-state index contributed by atoms with van der Waals surface area (Å²) in [6, 6.07) is 9.40. The molecule has 0 aliphatic heterocycles. The Hall–Kier alpha value is -1.43. The predicted molar refractivity (Wildman–Crippen MR) is 96.3 cm³/mol. The van der Waals surface area contributed by atoms with E-state index in [0.29, 0.717) is 26.3 Å². The molecular weight excluding hydrogens is 304 g/mol. The summed E-state index contributed by atoms with van der Waals surface area (Å²) >= 11 is 0. The third-order valence-corrected chi connectivity index (χ3v) is 4.14. The Morgan fingerprint density at radius 3 is 2.21 bits per heavy atom. The number of ether oxygens (including phenoxy) is 2. The zero-order chi connectivity index (χ0) is 17.9. The van der Waals surface area contributed by atoms with Gasteiger partial charge in [0, 0.05) is 19.8 Å². The van der Waals surface area contributed by atoms with Gasteiger partial charge in [-0.25, -0.2) is 0 Å². The molecule has 2 atom stereocenters. The number of amides is 1. The van der Waals surface area contributed by atoms with Crippen LogP contribution in [0.4, 0.5) is 0 Å². The van der Waals surface area contributed by atoms with Crippen LogP contribution in [0, 0.1) is 5.92 Å². The standard InChI is InChI=1S/C19H32N2O3/c1-5-15(4)18(20)19(22)21(13-16-11-9-8-10-12-16)14-17(23-6-2)24-7-3/h8-12,15,17-18H,5-7,13-14,20H2,1-4H3/t15-,18-/m0/s1. The average Bonchev–Trinajstić information content (AvgIpc) is 2.60. The highest BCUT2D eigenvalue weighted by Gasteiger charge is 2.27. The maximum Gasteiger partial charge on any atom is 0.240 e. The number of benzene rings is 1. The molecule has 0 saturated heterocycles. The van der Waals surface area contributed by atoms with E-state index < -0.39 is 12.3 Å². The highest BCUT2D eigenvalue weighted by Crippen LogP contribution is 2.13. The SMILES string of the molecule is CCOC(CN(Cc1ccccc1)C(=O)[C@@H](N)[C@@H](C)CC)OCC. The van der Waals surface area contributed by atoms with Crippen molar-refractivity contribution < 1.29 is 14.3 Å². The average molecular weight is 336 g/mol. The Balaban J connectivity index is 2.90. The van der Waals surface area contributed by atoms with Crippen molar-refractivity contribution in [1.29, 1.82) is 0 Å². The van der Waals surface area contributed by atoms with Gasteiger partial charge in [0.15, 0.2) is 6.29 Å². The molecule has 136 valence electrons. The first-order valence-electron chi connectivity index (χ1n) is 8.84. The van der Waals surface area contributed by atoms with E-state index >= 15 is 0 Å². The fourth-order valence-corrected chi connectivity index (χ4v) is 2.45. The summed E-state index contributed by atoms with van der Waals surface area (Å²) in [5, 5.41) is 0. The van der Waals surface area contributed by atoms with E-state index in [1.165, 1.54) is 0 Å². The number of carbonyl (C=O) groups excluding carboxylic acids is 1. The number of nitrogens with two attached hydrogens (primary N) is 1. The molecule has 1 aromatic carbocycles. The number of rotatable bonds is 11. The van der Waals surface area contributed by atoms with E-state index in [9.17, 15) is 4.79 Å². The third kappa shape index (κ3) is 6.59. The summed E-state index contributed by atoms with van der Waals surface area (Å²) in [5.41, 5.74) is 7.24. The molecule has 0 radical (unpaired) electrons. The van der Waals surface area contributed by atoms with Gasteiger partial charge in [0.25, 0.3) is 0 Å². The van der Waals surface area contributed by atoms with Crippen molar-refractivity contribution in [2.75, 3.05) is 19.8 Å². The van der Waals surface area contributed by atoms with Gasteiger partial charge in [-0.3, -0.25) is 4.79 Å². The fourth-order valence-electron chi connectivity index (χ4n) is 2.45. The molecule has 0 aromatic heterocycles. The van der Waals surface area contributed by atoms with Crippen LogP contribution in [-0.4, -0.2) is 42.9 Å². The Morgan fingerprint density at radius 1 is 1.12 bits per heavy atom. The first-order valence-corrected chi connectivity index (χ1v) is 8.84. The summed E-state index contributed by atoms with van der Waals surface area (Å²) in [6.45, 7) is 9.83. The van der Waals surface area contributed by atoms with E-state index in [4.69, 9.17) is 15.2 Å². The van der Waals surface area contributed by atoms with Gasteiger partial charge in [-0.1, -0.05) is 50.6 Å². The van der Waals surface area contributed by atoms with Crippen molar-refractivity contribution in [3.8, 4) is 0 Å². The molecule has 5 heteroatoms. The molecule has 5 nitrogen and oxygen atoms in total. The van der Waals surface area contributed by atoms with Crippen LogP contribution in [0.5, 0.6) is 0 Å². The third-order valence-electron chi connectivity index (χ3n) is 4.14. The molecule has 0 heterocycles. The van der Waals surface area contributed by atoms with Crippen LogP contribution in [0.15, 0.2) is 30.3 Å². The van der Waals surface area contributed by atoms with Crippen molar-refractivity contribution >= 4 is 5.91 Å². The van der Waals surface area contributed by atoms with Crippen LogP contribution in [0.1, 0.15) is 39.7 Å². The van der Waals surface area contributed by atoms with E-state index in [1.807, 2.05) is 58.0 Å². The summed E-state index contributed by atoms with van der Waals surface area (Å²) in [5.74, 6) is 0.0750. The summed E-state index contributed by atoms with van der Waals surface area (Å²) in [7, 11) is 0. The van der Waals surface area contributed by atoms with Crippen LogP contribution in [0.3, 0.4) is 0 Å². The zero-order valence-corrected chi connectivity index (χ0v) is 15.4. The summed E-state index contributed by atoms with van der Waals surface area (Å²) in [4.78, 5) is 14.6. The lowest BCUT2D eigenvalue weighted by atomic mass is 9.98. The van der Waals surface area contributed by atoms with Gasteiger partial charge in [-0.05, 0) is 25.3 Å². The Morgan fingerprint density at radius 2 is 1.71 bits per heavy atom. The first-order chi connectivity index (χ1) is 11.5. The number of hydrogen-bond donors (Lipinski definition) is 1. The van der Waals surface area contributed by atoms with Crippen molar-refractivity contribution in [1.82, 2.24) is 4.90 Å². The minimum atomic E-state index is -0.511. The van der Waals surface area contributed by atoms with Gasteiger partial charge >= 0.3 is 0 Å². The second kappa shape index (κ2) is 11.2. The maximum absolute atomic E-state index is 12.9. The minimum Gasteiger partial charge on any atom is -0.351 e. The van der Waals surface area contributed by atoms with E-state index in [2.05, 4.69) is 0 Å². The molecule has 0 fully saturated rings. The van der Waals surface area contributed by atoms with Crippen molar-refractivity contribution in [3.63, 3.8) is 0 Å². The predicted octanol–water partition coefficient (Wildman–Crippen LogP) is 2.79. The normalized spacial score (nSPS) is 13.8. The maximum atomic E-state index is 12.9. The number of nitrogens with zero attached hydrogens (tertiary/aromatic N) is 1. The Kier molecular flexibility index (Phi) is 9.60. The molecule has 1 amide bonds. The topological polar surface area (TPSA) is 64.8 Å². The van der Waals surface area contributed by atoms with Crippen LogP contribution >= 0.6 is 0 Å². The first kappa shape index (κ1) is 20.6. The lowest BCUT2D eigenvalue weighted by Crippen LogP contribution is -2.49.